The third-order valence-corrected chi connectivity index (χ3v) is 3.64. The van der Waals surface area contributed by atoms with E-state index >= 15 is 0 Å². The van der Waals surface area contributed by atoms with E-state index in [1.165, 1.54) is 0 Å². The average Bonchev–Trinajstić information content (AvgIpc) is 2.34. The Morgan fingerprint density at radius 1 is 1.16 bits per heavy atom. The van der Waals surface area contributed by atoms with Gasteiger partial charge in [-0.2, -0.15) is 5.26 Å². The maximum absolute atomic E-state index is 13.6. The number of hydrogen-bond donors (Lipinski definition) is 1. The van der Waals surface area contributed by atoms with Gasteiger partial charge in [0.2, 0.25) is 0 Å². The van der Waals surface area contributed by atoms with Gasteiger partial charge in [-0.3, -0.25) is 0 Å². The van der Waals surface area contributed by atoms with Crippen LogP contribution in [-0.4, -0.2) is 0 Å². The molecule has 96 valence electrons. The van der Waals surface area contributed by atoms with Crippen LogP contribution in [0.3, 0.4) is 0 Å². The Labute approximate surface area is 113 Å². The van der Waals surface area contributed by atoms with Crippen molar-refractivity contribution in [3.63, 3.8) is 0 Å². The summed E-state index contributed by atoms with van der Waals surface area (Å²) in [5, 5.41) is 8.83. The standard InChI is InChI=1S/C14H10F2N2S/c1-8-4-11(3-2-9(8)7-17)19-14-12(15)5-10(18)6-13(14)16/h2-6H,18H2,1H3. The van der Waals surface area contributed by atoms with Gasteiger partial charge in [0.25, 0.3) is 0 Å². The van der Waals surface area contributed by atoms with E-state index in [0.717, 1.165) is 29.5 Å². The lowest BCUT2D eigenvalue weighted by molar-refractivity contribution is 0.542. The minimum absolute atomic E-state index is 0.0513. The molecule has 2 aromatic rings. The molecule has 5 heteroatoms. The first-order valence-electron chi connectivity index (χ1n) is 5.44. The van der Waals surface area contributed by atoms with E-state index in [2.05, 4.69) is 0 Å². The normalized spacial score (nSPS) is 10.2. The molecule has 0 spiro atoms. The Bertz CT molecular complexity index is 655. The van der Waals surface area contributed by atoms with Crippen LogP contribution in [0.15, 0.2) is 40.1 Å². The van der Waals surface area contributed by atoms with E-state index in [1.807, 2.05) is 6.07 Å². The van der Waals surface area contributed by atoms with Crippen LogP contribution in [0.4, 0.5) is 14.5 Å². The highest BCUT2D eigenvalue weighted by Gasteiger charge is 2.12. The van der Waals surface area contributed by atoms with Gasteiger partial charge >= 0.3 is 0 Å². The Kier molecular flexibility index (Phi) is 3.72. The molecular weight excluding hydrogens is 266 g/mol. The molecule has 2 N–H and O–H groups in total. The van der Waals surface area contributed by atoms with Crippen LogP contribution in [0.25, 0.3) is 0 Å². The molecule has 0 unspecified atom stereocenters. The molecule has 0 fully saturated rings. The predicted molar refractivity (Wildman–Crippen MR) is 70.8 cm³/mol. The topological polar surface area (TPSA) is 49.8 Å². The van der Waals surface area contributed by atoms with Crippen molar-refractivity contribution in [2.75, 3.05) is 5.73 Å². The third-order valence-electron chi connectivity index (χ3n) is 2.56. The van der Waals surface area contributed by atoms with E-state index in [0.29, 0.717) is 10.5 Å². The molecule has 2 nitrogen and oxygen atoms in total. The molecule has 19 heavy (non-hydrogen) atoms. The van der Waals surface area contributed by atoms with Crippen molar-refractivity contribution in [1.29, 1.82) is 5.26 Å². The molecule has 0 aliphatic carbocycles. The van der Waals surface area contributed by atoms with Gasteiger partial charge in [-0.15, -0.1) is 0 Å². The molecule has 0 atom stereocenters. The molecule has 0 aliphatic rings. The lowest BCUT2D eigenvalue weighted by atomic mass is 10.1. The van der Waals surface area contributed by atoms with E-state index in [4.69, 9.17) is 11.0 Å². The highest BCUT2D eigenvalue weighted by atomic mass is 32.2. The SMILES string of the molecule is Cc1cc(Sc2c(F)cc(N)cc2F)ccc1C#N. The Hall–Kier alpha value is -2.06. The fraction of sp³-hybridized carbons (Fsp3) is 0.0714. The van der Waals surface area contributed by atoms with Gasteiger partial charge in [0, 0.05) is 10.6 Å². The summed E-state index contributed by atoms with van der Waals surface area (Å²) >= 11 is 0.968. The number of benzene rings is 2. The van der Waals surface area contributed by atoms with Crippen LogP contribution < -0.4 is 5.73 Å². The van der Waals surface area contributed by atoms with Gasteiger partial charge < -0.3 is 5.73 Å². The van der Waals surface area contributed by atoms with Crippen LogP contribution in [0.2, 0.25) is 0 Å². The van der Waals surface area contributed by atoms with Gasteiger partial charge in [0.15, 0.2) is 0 Å². The predicted octanol–water partition coefficient (Wildman–Crippen LogP) is 3.88. The summed E-state index contributed by atoms with van der Waals surface area (Å²) in [5.41, 5.74) is 6.72. The third kappa shape index (κ3) is 2.85. The summed E-state index contributed by atoms with van der Waals surface area (Å²) in [6, 6.07) is 9.22. The van der Waals surface area contributed by atoms with Gasteiger partial charge in [0.05, 0.1) is 16.5 Å². The largest absolute Gasteiger partial charge is 0.399 e. The van der Waals surface area contributed by atoms with Crippen LogP contribution in [0.5, 0.6) is 0 Å². The van der Waals surface area contributed by atoms with Crippen molar-refractivity contribution in [3.8, 4) is 6.07 Å². The zero-order valence-corrected chi connectivity index (χ0v) is 10.9. The second kappa shape index (κ2) is 5.29. The van der Waals surface area contributed by atoms with Crippen molar-refractivity contribution < 1.29 is 8.78 Å². The molecule has 2 aromatic carbocycles. The zero-order valence-electron chi connectivity index (χ0n) is 10.1. The number of nitrogens with zero attached hydrogens (tertiary/aromatic N) is 1. The quantitative estimate of drug-likeness (QED) is 0.847. The average molecular weight is 276 g/mol. The summed E-state index contributed by atoms with van der Waals surface area (Å²) in [7, 11) is 0. The number of nitrogen functional groups attached to an aromatic ring is 1. The van der Waals surface area contributed by atoms with E-state index in [-0.39, 0.29) is 10.6 Å². The monoisotopic (exact) mass is 276 g/mol. The minimum atomic E-state index is -0.690. The van der Waals surface area contributed by atoms with Crippen molar-refractivity contribution in [2.24, 2.45) is 0 Å². The smallest absolute Gasteiger partial charge is 0.142 e. The number of hydrogen-bond acceptors (Lipinski definition) is 3. The molecule has 0 amide bonds. The zero-order chi connectivity index (χ0) is 14.0. The van der Waals surface area contributed by atoms with Gasteiger partial charge in [-0.1, -0.05) is 11.8 Å². The first-order chi connectivity index (χ1) is 9.01. The second-order valence-corrected chi connectivity index (χ2v) is 5.09. The highest BCUT2D eigenvalue weighted by molar-refractivity contribution is 7.99. The second-order valence-electron chi connectivity index (χ2n) is 4.00. The van der Waals surface area contributed by atoms with Gasteiger partial charge in [-0.05, 0) is 42.8 Å². The number of nitrogens with two attached hydrogens (primary N) is 1. The van der Waals surface area contributed by atoms with Gasteiger partial charge in [-0.25, -0.2) is 8.78 Å². The Morgan fingerprint density at radius 3 is 2.32 bits per heavy atom. The summed E-state index contributed by atoms with van der Waals surface area (Å²) in [5.74, 6) is -1.38. The molecule has 0 aliphatic heterocycles. The van der Waals surface area contributed by atoms with E-state index in [9.17, 15) is 8.78 Å². The van der Waals surface area contributed by atoms with Crippen molar-refractivity contribution >= 4 is 17.4 Å². The summed E-state index contributed by atoms with van der Waals surface area (Å²) in [4.78, 5) is 0.567. The molecule has 0 radical (unpaired) electrons. The Morgan fingerprint density at radius 2 is 1.79 bits per heavy atom. The number of halogens is 2. The maximum Gasteiger partial charge on any atom is 0.142 e. The Balaban J connectivity index is 2.37. The number of aryl methyl sites for hydroxylation is 1. The molecule has 2 rings (SSSR count). The molecule has 0 heterocycles. The van der Waals surface area contributed by atoms with Crippen LogP contribution in [-0.2, 0) is 0 Å². The van der Waals surface area contributed by atoms with Crippen LogP contribution in [0.1, 0.15) is 11.1 Å². The lowest BCUT2D eigenvalue weighted by Gasteiger charge is -2.07. The lowest BCUT2D eigenvalue weighted by Crippen LogP contribution is -1.93. The molecule has 0 saturated heterocycles. The van der Waals surface area contributed by atoms with Gasteiger partial charge in [0.1, 0.15) is 11.6 Å². The van der Waals surface area contributed by atoms with E-state index < -0.39 is 11.6 Å². The number of rotatable bonds is 2. The van der Waals surface area contributed by atoms with Crippen molar-refractivity contribution in [3.05, 3.63) is 53.1 Å². The summed E-state index contributed by atoms with van der Waals surface area (Å²) in [6.45, 7) is 1.78. The molecule has 0 saturated carbocycles. The summed E-state index contributed by atoms with van der Waals surface area (Å²) < 4.78 is 27.3. The van der Waals surface area contributed by atoms with E-state index in [1.54, 1.807) is 25.1 Å². The van der Waals surface area contributed by atoms with Crippen molar-refractivity contribution in [1.82, 2.24) is 0 Å². The fourth-order valence-corrected chi connectivity index (χ4v) is 2.54. The first-order valence-corrected chi connectivity index (χ1v) is 6.26. The molecular formula is C14H10F2N2S. The first kappa shape index (κ1) is 13.4. The maximum atomic E-state index is 13.6. The van der Waals surface area contributed by atoms with Crippen LogP contribution >= 0.6 is 11.8 Å². The molecule has 0 bridgehead atoms. The molecule has 0 aromatic heterocycles. The summed E-state index contributed by atoms with van der Waals surface area (Å²) in [6.07, 6.45) is 0. The minimum Gasteiger partial charge on any atom is -0.399 e. The highest BCUT2D eigenvalue weighted by Crippen LogP contribution is 2.34. The number of anilines is 1. The fourth-order valence-electron chi connectivity index (χ4n) is 1.62. The number of nitriles is 1. The van der Waals surface area contributed by atoms with Crippen molar-refractivity contribution in [2.45, 2.75) is 16.7 Å². The van der Waals surface area contributed by atoms with Crippen LogP contribution in [0, 0.1) is 29.9 Å².